The predicted molar refractivity (Wildman–Crippen MR) is 98.0 cm³/mol. The van der Waals surface area contributed by atoms with Crippen molar-refractivity contribution in [1.29, 1.82) is 0 Å². The smallest absolute Gasteiger partial charge is 0.274 e. The second-order valence-corrected chi connectivity index (χ2v) is 6.66. The molecule has 0 saturated carbocycles. The van der Waals surface area contributed by atoms with Crippen LogP contribution in [0.3, 0.4) is 0 Å². The number of amides is 2. The Morgan fingerprint density at radius 2 is 2.15 bits per heavy atom. The molecule has 1 unspecified atom stereocenters. The van der Waals surface area contributed by atoms with Crippen molar-refractivity contribution in [3.8, 4) is 0 Å². The number of hydrogen-bond donors (Lipinski definition) is 1. The summed E-state index contributed by atoms with van der Waals surface area (Å²) in [5.41, 5.74) is 1.27. The third-order valence-corrected chi connectivity index (χ3v) is 4.83. The second-order valence-electron chi connectivity index (χ2n) is 6.66. The maximum absolute atomic E-state index is 12.7. The van der Waals surface area contributed by atoms with Crippen molar-refractivity contribution in [3.63, 3.8) is 0 Å². The molecule has 2 aromatic heterocycles. The van der Waals surface area contributed by atoms with Crippen molar-refractivity contribution in [3.05, 3.63) is 35.5 Å². The Labute approximate surface area is 158 Å². The molecule has 1 aliphatic rings. The lowest BCUT2D eigenvalue weighted by Gasteiger charge is -2.38. The highest BCUT2D eigenvalue weighted by Crippen LogP contribution is 2.12. The van der Waals surface area contributed by atoms with Crippen molar-refractivity contribution in [2.75, 3.05) is 26.7 Å². The predicted octanol–water partition coefficient (Wildman–Crippen LogP) is 0.526. The van der Waals surface area contributed by atoms with Crippen LogP contribution in [0.25, 0.3) is 0 Å². The molecule has 27 heavy (non-hydrogen) atoms. The number of carbonyl (C=O) groups is 2. The summed E-state index contributed by atoms with van der Waals surface area (Å²) in [7, 11) is 1.89. The summed E-state index contributed by atoms with van der Waals surface area (Å²) >= 11 is 0. The summed E-state index contributed by atoms with van der Waals surface area (Å²) in [5, 5.41) is 11.1. The van der Waals surface area contributed by atoms with Gasteiger partial charge in [0.15, 0.2) is 5.76 Å². The highest BCUT2D eigenvalue weighted by atomic mass is 16.5. The standard InChI is InChI=1S/C18H26N6O3/c1-4-13-10-14(27-21-13)11-19-17(25)16-12-23(9-8-22(16)3)18(26)15-6-7-24(5-2)20-15/h6-7,10,16H,4-5,8-9,11-12H2,1-3H3,(H,19,25). The minimum Gasteiger partial charge on any atom is -0.359 e. The maximum atomic E-state index is 12.7. The normalized spacial score (nSPS) is 17.9. The molecular formula is C18H26N6O3. The fourth-order valence-corrected chi connectivity index (χ4v) is 3.05. The average molecular weight is 374 g/mol. The number of carbonyl (C=O) groups excluding carboxylic acids is 2. The van der Waals surface area contributed by atoms with Gasteiger partial charge in [0.1, 0.15) is 11.7 Å². The third kappa shape index (κ3) is 4.36. The van der Waals surface area contributed by atoms with Gasteiger partial charge >= 0.3 is 0 Å². The number of aryl methyl sites for hydroxylation is 2. The first-order valence-corrected chi connectivity index (χ1v) is 9.27. The molecule has 0 radical (unpaired) electrons. The Kier molecular flexibility index (Phi) is 5.90. The van der Waals surface area contributed by atoms with E-state index in [1.165, 1.54) is 0 Å². The first kappa shape index (κ1) is 19.1. The first-order valence-electron chi connectivity index (χ1n) is 9.27. The second kappa shape index (κ2) is 8.34. The Balaban J connectivity index is 1.60. The summed E-state index contributed by atoms with van der Waals surface area (Å²) in [5.74, 6) is 0.344. The fourth-order valence-electron chi connectivity index (χ4n) is 3.05. The Morgan fingerprint density at radius 3 is 2.81 bits per heavy atom. The van der Waals surface area contributed by atoms with Crippen LogP contribution in [0.15, 0.2) is 22.9 Å². The van der Waals surface area contributed by atoms with E-state index in [1.54, 1.807) is 21.8 Å². The Hall–Kier alpha value is -2.68. The first-order chi connectivity index (χ1) is 13.0. The van der Waals surface area contributed by atoms with Crippen LogP contribution in [0.4, 0.5) is 0 Å². The summed E-state index contributed by atoms with van der Waals surface area (Å²) in [6, 6.07) is 3.14. The molecule has 0 aromatic carbocycles. The number of nitrogens with one attached hydrogen (secondary N) is 1. The van der Waals surface area contributed by atoms with Gasteiger partial charge in [0.2, 0.25) is 5.91 Å². The van der Waals surface area contributed by atoms with Gasteiger partial charge in [-0.15, -0.1) is 0 Å². The SMILES string of the molecule is CCc1cc(CNC(=O)C2CN(C(=O)c3ccn(CC)n3)CCN2C)on1. The lowest BCUT2D eigenvalue weighted by atomic mass is 10.1. The van der Waals surface area contributed by atoms with Gasteiger partial charge in [-0.3, -0.25) is 19.2 Å². The molecule has 2 amide bonds. The monoisotopic (exact) mass is 374 g/mol. The largest absolute Gasteiger partial charge is 0.359 e. The van der Waals surface area contributed by atoms with E-state index < -0.39 is 6.04 Å². The average Bonchev–Trinajstić information content (AvgIpc) is 3.35. The minimum absolute atomic E-state index is 0.136. The number of nitrogens with zero attached hydrogens (tertiary/aromatic N) is 5. The number of likely N-dealkylation sites (N-methyl/N-ethyl adjacent to an activating group) is 1. The van der Waals surface area contributed by atoms with Crippen molar-refractivity contribution >= 4 is 11.8 Å². The topological polar surface area (TPSA) is 96.5 Å². The summed E-state index contributed by atoms with van der Waals surface area (Å²) < 4.78 is 6.91. The van der Waals surface area contributed by atoms with Crippen LogP contribution in [0.1, 0.15) is 35.8 Å². The molecule has 0 spiro atoms. The van der Waals surface area contributed by atoms with Gasteiger partial charge in [0, 0.05) is 38.4 Å². The summed E-state index contributed by atoms with van der Waals surface area (Å²) in [6.07, 6.45) is 2.57. The molecule has 3 heterocycles. The van der Waals surface area contributed by atoms with E-state index in [9.17, 15) is 9.59 Å². The van der Waals surface area contributed by atoms with E-state index in [1.807, 2.05) is 31.9 Å². The molecule has 3 rings (SSSR count). The molecule has 9 nitrogen and oxygen atoms in total. The molecule has 1 fully saturated rings. The lowest BCUT2D eigenvalue weighted by Crippen LogP contribution is -2.58. The molecule has 0 aliphatic carbocycles. The molecule has 1 saturated heterocycles. The van der Waals surface area contributed by atoms with E-state index in [4.69, 9.17) is 4.52 Å². The van der Waals surface area contributed by atoms with Crippen molar-refractivity contribution in [2.24, 2.45) is 0 Å². The van der Waals surface area contributed by atoms with E-state index in [0.29, 0.717) is 37.6 Å². The maximum Gasteiger partial charge on any atom is 0.274 e. The third-order valence-electron chi connectivity index (χ3n) is 4.83. The van der Waals surface area contributed by atoms with Crippen LogP contribution in [0.5, 0.6) is 0 Å². The van der Waals surface area contributed by atoms with Crippen molar-refractivity contribution < 1.29 is 14.1 Å². The van der Waals surface area contributed by atoms with Crippen LogP contribution >= 0.6 is 0 Å². The van der Waals surface area contributed by atoms with Gasteiger partial charge in [-0.2, -0.15) is 5.10 Å². The number of rotatable bonds is 6. The molecule has 1 N–H and O–H groups in total. The van der Waals surface area contributed by atoms with Crippen LogP contribution in [0, 0.1) is 0 Å². The molecule has 9 heteroatoms. The molecule has 0 bridgehead atoms. The lowest BCUT2D eigenvalue weighted by molar-refractivity contribution is -0.127. The van der Waals surface area contributed by atoms with Crippen LogP contribution < -0.4 is 5.32 Å². The minimum atomic E-state index is -0.412. The van der Waals surface area contributed by atoms with Gasteiger partial charge in [-0.1, -0.05) is 12.1 Å². The van der Waals surface area contributed by atoms with E-state index >= 15 is 0 Å². The van der Waals surface area contributed by atoms with E-state index in [0.717, 1.165) is 12.1 Å². The number of piperazine rings is 1. The Bertz CT molecular complexity index is 799. The van der Waals surface area contributed by atoms with Crippen LogP contribution in [-0.4, -0.2) is 69.3 Å². The molecule has 1 aliphatic heterocycles. The Morgan fingerprint density at radius 1 is 1.33 bits per heavy atom. The zero-order chi connectivity index (χ0) is 19.4. The van der Waals surface area contributed by atoms with Crippen molar-refractivity contribution in [2.45, 2.75) is 39.4 Å². The zero-order valence-electron chi connectivity index (χ0n) is 16.0. The summed E-state index contributed by atoms with van der Waals surface area (Å²) in [4.78, 5) is 29.0. The molecule has 2 aromatic rings. The number of aromatic nitrogens is 3. The highest BCUT2D eigenvalue weighted by Gasteiger charge is 2.33. The molecular weight excluding hydrogens is 348 g/mol. The molecule has 146 valence electrons. The molecule has 1 atom stereocenters. The van der Waals surface area contributed by atoms with E-state index in [-0.39, 0.29) is 18.4 Å². The van der Waals surface area contributed by atoms with Crippen LogP contribution in [0.2, 0.25) is 0 Å². The fraction of sp³-hybridized carbons (Fsp3) is 0.556. The summed E-state index contributed by atoms with van der Waals surface area (Å²) in [6.45, 7) is 6.48. The van der Waals surface area contributed by atoms with Gasteiger partial charge in [0.05, 0.1) is 12.2 Å². The zero-order valence-corrected chi connectivity index (χ0v) is 16.0. The van der Waals surface area contributed by atoms with E-state index in [2.05, 4.69) is 15.6 Å². The van der Waals surface area contributed by atoms with Gasteiger partial charge in [-0.05, 0) is 26.5 Å². The van der Waals surface area contributed by atoms with Gasteiger partial charge in [-0.25, -0.2) is 0 Å². The van der Waals surface area contributed by atoms with Gasteiger partial charge < -0.3 is 14.7 Å². The highest BCUT2D eigenvalue weighted by molar-refractivity contribution is 5.93. The van der Waals surface area contributed by atoms with Crippen LogP contribution in [-0.2, 0) is 24.3 Å². The van der Waals surface area contributed by atoms with Gasteiger partial charge in [0.25, 0.3) is 5.91 Å². The number of hydrogen-bond acceptors (Lipinski definition) is 6. The van der Waals surface area contributed by atoms with Crippen molar-refractivity contribution in [1.82, 2.24) is 30.1 Å². The quantitative estimate of drug-likeness (QED) is 0.792.